The van der Waals surface area contributed by atoms with Crippen LogP contribution in [0.3, 0.4) is 0 Å². The molecule has 1 aromatic carbocycles. The van der Waals surface area contributed by atoms with Gasteiger partial charge in [0.05, 0.1) is 4.88 Å². The summed E-state index contributed by atoms with van der Waals surface area (Å²) >= 11 is 1.69. The Balaban J connectivity index is 1.47. The zero-order valence-corrected chi connectivity index (χ0v) is 15.7. The number of fused-ring (bicyclic) bond motifs is 3. The number of piperidine rings is 1. The topological polar surface area (TPSA) is 32.3 Å². The predicted octanol–water partition coefficient (Wildman–Crippen LogP) is 3.98. The number of benzene rings is 1. The van der Waals surface area contributed by atoms with Crippen molar-refractivity contribution in [3.8, 4) is 10.4 Å². The average molecular weight is 355 g/mol. The summed E-state index contributed by atoms with van der Waals surface area (Å²) in [5.41, 5.74) is 4.10. The molecule has 1 fully saturated rings. The second kappa shape index (κ2) is 7.30. The molecule has 4 heteroatoms. The van der Waals surface area contributed by atoms with Gasteiger partial charge in [-0.25, -0.2) is 0 Å². The molecule has 132 valence electrons. The third kappa shape index (κ3) is 3.38. The Bertz CT molecular complexity index is 759. The van der Waals surface area contributed by atoms with Gasteiger partial charge in [-0.15, -0.1) is 11.3 Å². The minimum Gasteiger partial charge on any atom is -0.338 e. The van der Waals surface area contributed by atoms with Crippen molar-refractivity contribution in [2.75, 3.05) is 26.2 Å². The molecule has 3 nitrogen and oxygen atoms in total. The van der Waals surface area contributed by atoms with Crippen LogP contribution < -0.4 is 5.32 Å². The third-order valence-corrected chi connectivity index (χ3v) is 6.73. The molecule has 4 rings (SSSR count). The van der Waals surface area contributed by atoms with Gasteiger partial charge in [0, 0.05) is 18.0 Å². The molecule has 2 heterocycles. The van der Waals surface area contributed by atoms with Gasteiger partial charge in [0.2, 0.25) is 0 Å². The molecule has 2 aliphatic rings. The summed E-state index contributed by atoms with van der Waals surface area (Å²) in [4.78, 5) is 17.3. The van der Waals surface area contributed by atoms with Crippen LogP contribution in [-0.2, 0) is 12.8 Å². The van der Waals surface area contributed by atoms with E-state index in [0.717, 1.165) is 56.7 Å². The molecule has 1 aromatic heterocycles. The number of rotatable bonds is 4. The second-order valence-corrected chi connectivity index (χ2v) is 8.22. The molecule has 0 radical (unpaired) electrons. The molecule has 0 saturated carbocycles. The van der Waals surface area contributed by atoms with Crippen LogP contribution in [0.4, 0.5) is 0 Å². The first-order chi connectivity index (χ1) is 12.3. The van der Waals surface area contributed by atoms with Gasteiger partial charge < -0.3 is 10.2 Å². The van der Waals surface area contributed by atoms with Crippen LogP contribution >= 0.6 is 11.3 Å². The van der Waals surface area contributed by atoms with Crippen molar-refractivity contribution in [3.05, 3.63) is 46.3 Å². The molecule has 2 aromatic rings. The Morgan fingerprint density at radius 2 is 1.96 bits per heavy atom. The highest BCUT2D eigenvalue weighted by molar-refractivity contribution is 7.17. The number of amides is 1. The van der Waals surface area contributed by atoms with Crippen LogP contribution in [0, 0.1) is 5.92 Å². The van der Waals surface area contributed by atoms with E-state index in [0.29, 0.717) is 5.92 Å². The van der Waals surface area contributed by atoms with E-state index < -0.39 is 0 Å². The van der Waals surface area contributed by atoms with Gasteiger partial charge in [-0.05, 0) is 67.4 Å². The van der Waals surface area contributed by atoms with Crippen molar-refractivity contribution in [2.45, 2.75) is 32.6 Å². The van der Waals surface area contributed by atoms with Gasteiger partial charge in [-0.2, -0.15) is 0 Å². The van der Waals surface area contributed by atoms with Crippen molar-refractivity contribution in [1.82, 2.24) is 10.2 Å². The molecule has 1 aliphatic carbocycles. The molecule has 1 amide bonds. The minimum atomic E-state index is 0.235. The first kappa shape index (κ1) is 16.8. The Kier molecular flexibility index (Phi) is 4.91. The van der Waals surface area contributed by atoms with Gasteiger partial charge in [-0.1, -0.05) is 31.2 Å². The van der Waals surface area contributed by atoms with Gasteiger partial charge >= 0.3 is 0 Å². The lowest BCUT2D eigenvalue weighted by Gasteiger charge is -2.31. The molecule has 1 aliphatic heterocycles. The largest absolute Gasteiger partial charge is 0.338 e. The highest BCUT2D eigenvalue weighted by atomic mass is 32.1. The molecule has 0 spiro atoms. The molecule has 1 saturated heterocycles. The normalized spacial score (nSPS) is 17.2. The monoisotopic (exact) mass is 354 g/mol. The molecular weight excluding hydrogens is 328 g/mol. The second-order valence-electron chi connectivity index (χ2n) is 7.17. The van der Waals surface area contributed by atoms with Crippen LogP contribution in [0.1, 0.15) is 40.6 Å². The highest BCUT2D eigenvalue weighted by Crippen LogP contribution is 2.40. The zero-order chi connectivity index (χ0) is 17.2. The molecule has 0 unspecified atom stereocenters. The Morgan fingerprint density at radius 1 is 1.20 bits per heavy atom. The number of nitrogens with one attached hydrogen (secondary N) is 1. The van der Waals surface area contributed by atoms with Crippen LogP contribution in [0.5, 0.6) is 0 Å². The highest BCUT2D eigenvalue weighted by Gasteiger charge is 2.27. The van der Waals surface area contributed by atoms with Crippen molar-refractivity contribution in [1.29, 1.82) is 0 Å². The van der Waals surface area contributed by atoms with E-state index in [1.165, 1.54) is 21.6 Å². The van der Waals surface area contributed by atoms with Crippen molar-refractivity contribution >= 4 is 17.2 Å². The number of likely N-dealkylation sites (tertiary alicyclic amines) is 1. The summed E-state index contributed by atoms with van der Waals surface area (Å²) in [7, 11) is 0. The summed E-state index contributed by atoms with van der Waals surface area (Å²) in [5, 5.41) is 3.43. The lowest BCUT2D eigenvalue weighted by Crippen LogP contribution is -2.40. The summed E-state index contributed by atoms with van der Waals surface area (Å²) in [6, 6.07) is 10.8. The zero-order valence-electron chi connectivity index (χ0n) is 14.9. The van der Waals surface area contributed by atoms with Gasteiger partial charge in [-0.3, -0.25) is 4.79 Å². The number of hydrogen-bond acceptors (Lipinski definition) is 3. The van der Waals surface area contributed by atoms with E-state index in [1.54, 1.807) is 11.3 Å². The fourth-order valence-corrected chi connectivity index (χ4v) is 5.26. The lowest BCUT2D eigenvalue weighted by molar-refractivity contribution is 0.0695. The van der Waals surface area contributed by atoms with Gasteiger partial charge in [0.1, 0.15) is 0 Å². The van der Waals surface area contributed by atoms with Crippen LogP contribution in [0.25, 0.3) is 10.4 Å². The van der Waals surface area contributed by atoms with Crippen molar-refractivity contribution < 1.29 is 4.79 Å². The van der Waals surface area contributed by atoms with Gasteiger partial charge in [0.25, 0.3) is 5.91 Å². The number of nitrogens with zero attached hydrogens (tertiary/aromatic N) is 1. The third-order valence-electron chi connectivity index (χ3n) is 5.53. The van der Waals surface area contributed by atoms with E-state index in [9.17, 15) is 4.79 Å². The average Bonchev–Trinajstić information content (AvgIpc) is 3.11. The van der Waals surface area contributed by atoms with E-state index in [4.69, 9.17) is 0 Å². The maximum atomic E-state index is 13.0. The fourth-order valence-electron chi connectivity index (χ4n) is 4.02. The number of carbonyl (C=O) groups is 1. The molecule has 0 bridgehead atoms. The first-order valence-corrected chi connectivity index (χ1v) is 10.3. The summed E-state index contributed by atoms with van der Waals surface area (Å²) < 4.78 is 0. The van der Waals surface area contributed by atoms with E-state index >= 15 is 0 Å². The molecule has 25 heavy (non-hydrogen) atoms. The van der Waals surface area contributed by atoms with E-state index in [2.05, 4.69) is 47.5 Å². The summed E-state index contributed by atoms with van der Waals surface area (Å²) in [5.74, 6) is 0.950. The van der Waals surface area contributed by atoms with Crippen molar-refractivity contribution in [3.63, 3.8) is 0 Å². The van der Waals surface area contributed by atoms with Gasteiger partial charge in [0.15, 0.2) is 0 Å². The number of aryl methyl sites for hydroxylation is 2. The number of thiophene rings is 1. The minimum absolute atomic E-state index is 0.235. The molecule has 1 N–H and O–H groups in total. The van der Waals surface area contributed by atoms with E-state index in [1.807, 2.05) is 0 Å². The molecular formula is C21H26N2OS. The van der Waals surface area contributed by atoms with Crippen LogP contribution in [0.15, 0.2) is 30.3 Å². The lowest BCUT2D eigenvalue weighted by atomic mass is 9.91. The van der Waals surface area contributed by atoms with Crippen LogP contribution in [0.2, 0.25) is 0 Å². The number of hydrogen-bond donors (Lipinski definition) is 1. The van der Waals surface area contributed by atoms with E-state index in [-0.39, 0.29) is 5.91 Å². The Labute approximate surface area is 154 Å². The Morgan fingerprint density at radius 3 is 2.76 bits per heavy atom. The summed E-state index contributed by atoms with van der Waals surface area (Å²) in [6.07, 6.45) is 4.38. The first-order valence-electron chi connectivity index (χ1n) is 9.47. The number of carbonyl (C=O) groups excluding carboxylic acids is 1. The smallest absolute Gasteiger partial charge is 0.263 e. The SMILES string of the molecule is CCNCC1CCN(C(=O)c2cc3c(s2)-c2ccccc2CC3)CC1. The quantitative estimate of drug-likeness (QED) is 0.901. The Hall–Kier alpha value is -1.65. The molecule has 0 atom stereocenters. The predicted molar refractivity (Wildman–Crippen MR) is 104 cm³/mol. The maximum absolute atomic E-state index is 13.0. The fraction of sp³-hybridized carbons (Fsp3) is 0.476. The van der Waals surface area contributed by atoms with Crippen LogP contribution in [-0.4, -0.2) is 37.0 Å². The van der Waals surface area contributed by atoms with Crippen molar-refractivity contribution in [2.24, 2.45) is 5.92 Å². The summed E-state index contributed by atoms with van der Waals surface area (Å²) in [6.45, 7) is 6.06. The maximum Gasteiger partial charge on any atom is 0.263 e. The standard InChI is InChI=1S/C21H26N2OS/c1-2-22-14-15-9-11-23(12-10-15)21(24)19-13-17-8-7-16-5-3-4-6-18(16)20(17)25-19/h3-6,13,15,22H,2,7-12,14H2,1H3.